The Morgan fingerprint density at radius 3 is 2.82 bits per heavy atom. The van der Waals surface area contributed by atoms with Crippen LogP contribution in [0.25, 0.3) is 10.9 Å². The summed E-state index contributed by atoms with van der Waals surface area (Å²) in [6.07, 6.45) is 3.87. The third-order valence-electron chi connectivity index (χ3n) is 3.73. The highest BCUT2D eigenvalue weighted by Gasteiger charge is 2.22. The summed E-state index contributed by atoms with van der Waals surface area (Å²) in [6.45, 7) is 1.14. The number of aromatic nitrogens is 1. The molecule has 3 rings (SSSR count). The lowest BCUT2D eigenvalue weighted by atomic mass is 10.0. The fourth-order valence-electron chi connectivity index (χ4n) is 2.84. The number of hydrogen-bond donors (Lipinski definition) is 1. The minimum atomic E-state index is 0.496. The van der Waals surface area contributed by atoms with Gasteiger partial charge in [0, 0.05) is 34.2 Å². The number of nitrogens with zero attached hydrogens (tertiary/aromatic N) is 1. The lowest BCUT2D eigenvalue weighted by Gasteiger charge is -2.24. The van der Waals surface area contributed by atoms with Crippen molar-refractivity contribution in [1.82, 2.24) is 9.88 Å². The first-order valence-electron chi connectivity index (χ1n) is 6.25. The van der Waals surface area contributed by atoms with E-state index in [0.717, 1.165) is 6.54 Å². The lowest BCUT2D eigenvalue weighted by Crippen LogP contribution is -2.28. The number of halogens is 1. The molecule has 1 aliphatic heterocycles. The zero-order valence-electron chi connectivity index (χ0n) is 10.0. The summed E-state index contributed by atoms with van der Waals surface area (Å²) in [4.78, 5) is 0. The Kier molecular flexibility index (Phi) is 2.97. The smallest absolute Gasteiger partial charge is 0.0499 e. The Bertz CT molecular complexity index is 499. The summed E-state index contributed by atoms with van der Waals surface area (Å²) in [6, 6.07) is 9.08. The highest BCUT2D eigenvalue weighted by molar-refractivity contribution is 9.10. The molecule has 2 heterocycles. The standard InChI is InChI=1S/C14H17BrN2/c1-17-12-8-3-2-6-10(12)13(15)14(17)11-7-4-5-9-16-11/h2-3,6,8,11,16H,4-5,7,9H2,1H3. The second kappa shape index (κ2) is 4.46. The van der Waals surface area contributed by atoms with Gasteiger partial charge in [-0.3, -0.25) is 0 Å². The van der Waals surface area contributed by atoms with Crippen LogP contribution in [0.15, 0.2) is 28.7 Å². The molecule has 2 aromatic rings. The van der Waals surface area contributed by atoms with Crippen molar-refractivity contribution in [2.75, 3.05) is 6.54 Å². The van der Waals surface area contributed by atoms with E-state index in [-0.39, 0.29) is 0 Å². The van der Waals surface area contributed by atoms with Crippen molar-refractivity contribution in [2.24, 2.45) is 7.05 Å². The number of hydrogen-bond acceptors (Lipinski definition) is 1. The number of rotatable bonds is 1. The molecule has 0 spiro atoms. The Hall–Kier alpha value is -0.800. The number of benzene rings is 1. The number of para-hydroxylation sites is 1. The minimum absolute atomic E-state index is 0.496. The first-order chi connectivity index (χ1) is 8.29. The highest BCUT2D eigenvalue weighted by Crippen LogP contribution is 2.36. The van der Waals surface area contributed by atoms with Crippen molar-refractivity contribution >= 4 is 26.8 Å². The zero-order chi connectivity index (χ0) is 11.8. The molecule has 0 amide bonds. The molecule has 1 aromatic carbocycles. The summed E-state index contributed by atoms with van der Waals surface area (Å²) in [7, 11) is 2.17. The Morgan fingerprint density at radius 1 is 1.29 bits per heavy atom. The van der Waals surface area contributed by atoms with Crippen LogP contribution in [-0.4, -0.2) is 11.1 Å². The van der Waals surface area contributed by atoms with Gasteiger partial charge in [0.05, 0.1) is 0 Å². The third-order valence-corrected chi connectivity index (χ3v) is 4.56. The third kappa shape index (κ3) is 1.81. The molecular weight excluding hydrogens is 276 g/mol. The van der Waals surface area contributed by atoms with Crippen LogP contribution in [0.1, 0.15) is 31.0 Å². The van der Waals surface area contributed by atoms with E-state index in [1.165, 1.54) is 40.3 Å². The summed E-state index contributed by atoms with van der Waals surface area (Å²) in [5.74, 6) is 0. The van der Waals surface area contributed by atoms with Crippen LogP contribution in [0.2, 0.25) is 0 Å². The monoisotopic (exact) mass is 292 g/mol. The van der Waals surface area contributed by atoms with Crippen LogP contribution < -0.4 is 5.32 Å². The van der Waals surface area contributed by atoms with Crippen molar-refractivity contribution in [3.63, 3.8) is 0 Å². The zero-order valence-corrected chi connectivity index (χ0v) is 11.6. The van der Waals surface area contributed by atoms with Crippen LogP contribution in [0.4, 0.5) is 0 Å². The molecule has 17 heavy (non-hydrogen) atoms. The van der Waals surface area contributed by atoms with Crippen LogP contribution in [-0.2, 0) is 7.05 Å². The molecule has 3 heteroatoms. The van der Waals surface area contributed by atoms with Crippen molar-refractivity contribution in [3.8, 4) is 0 Å². The van der Waals surface area contributed by atoms with Gasteiger partial charge in [0.2, 0.25) is 0 Å². The van der Waals surface area contributed by atoms with Crippen LogP contribution in [0.3, 0.4) is 0 Å². The van der Waals surface area contributed by atoms with Crippen LogP contribution >= 0.6 is 15.9 Å². The number of piperidine rings is 1. The van der Waals surface area contributed by atoms with Gasteiger partial charge in [-0.1, -0.05) is 24.6 Å². The second-order valence-electron chi connectivity index (χ2n) is 4.78. The minimum Gasteiger partial charge on any atom is -0.345 e. The first kappa shape index (κ1) is 11.3. The van der Waals surface area contributed by atoms with Gasteiger partial charge in [0.25, 0.3) is 0 Å². The molecule has 0 radical (unpaired) electrons. The normalized spacial score (nSPS) is 20.9. The SMILES string of the molecule is Cn1c(C2CCCCN2)c(Br)c2ccccc21. The van der Waals surface area contributed by atoms with Gasteiger partial charge in [-0.2, -0.15) is 0 Å². The number of nitrogens with one attached hydrogen (secondary N) is 1. The maximum Gasteiger partial charge on any atom is 0.0499 e. The number of aryl methyl sites for hydroxylation is 1. The van der Waals surface area contributed by atoms with Crippen molar-refractivity contribution in [2.45, 2.75) is 25.3 Å². The quantitative estimate of drug-likeness (QED) is 0.847. The van der Waals surface area contributed by atoms with Gasteiger partial charge in [-0.05, 0) is 41.4 Å². The first-order valence-corrected chi connectivity index (χ1v) is 7.04. The van der Waals surface area contributed by atoms with Gasteiger partial charge < -0.3 is 9.88 Å². The van der Waals surface area contributed by atoms with E-state index in [1.54, 1.807) is 0 Å². The van der Waals surface area contributed by atoms with Gasteiger partial charge in [0.1, 0.15) is 0 Å². The summed E-state index contributed by atoms with van der Waals surface area (Å²) in [5.41, 5.74) is 2.70. The van der Waals surface area contributed by atoms with E-state index in [1.807, 2.05) is 0 Å². The average molecular weight is 293 g/mol. The summed E-state index contributed by atoms with van der Waals surface area (Å²) >= 11 is 3.78. The van der Waals surface area contributed by atoms with Crippen molar-refractivity contribution in [3.05, 3.63) is 34.4 Å². The molecule has 1 aromatic heterocycles. The highest BCUT2D eigenvalue weighted by atomic mass is 79.9. The molecule has 90 valence electrons. The molecule has 2 nitrogen and oxygen atoms in total. The molecule has 0 bridgehead atoms. The summed E-state index contributed by atoms with van der Waals surface area (Å²) in [5, 5.41) is 4.94. The van der Waals surface area contributed by atoms with E-state index in [2.05, 4.69) is 57.1 Å². The Balaban J connectivity index is 2.15. The van der Waals surface area contributed by atoms with Gasteiger partial charge in [-0.15, -0.1) is 0 Å². The molecule has 1 N–H and O–H groups in total. The average Bonchev–Trinajstić information content (AvgIpc) is 2.64. The van der Waals surface area contributed by atoms with Crippen LogP contribution in [0.5, 0.6) is 0 Å². The fraction of sp³-hybridized carbons (Fsp3) is 0.429. The van der Waals surface area contributed by atoms with Gasteiger partial charge in [0.15, 0.2) is 0 Å². The summed E-state index contributed by atoms with van der Waals surface area (Å²) < 4.78 is 3.58. The molecule has 0 aliphatic carbocycles. The topological polar surface area (TPSA) is 17.0 Å². The van der Waals surface area contributed by atoms with E-state index >= 15 is 0 Å². The van der Waals surface area contributed by atoms with Gasteiger partial charge >= 0.3 is 0 Å². The predicted octanol–water partition coefficient (Wildman–Crippen LogP) is 3.76. The van der Waals surface area contributed by atoms with E-state index in [0.29, 0.717) is 6.04 Å². The molecule has 1 aliphatic rings. The molecule has 0 saturated carbocycles. The largest absolute Gasteiger partial charge is 0.345 e. The Morgan fingerprint density at radius 2 is 2.12 bits per heavy atom. The van der Waals surface area contributed by atoms with E-state index < -0.39 is 0 Å². The molecular formula is C14H17BrN2. The Labute approximate surface area is 110 Å². The van der Waals surface area contributed by atoms with Crippen molar-refractivity contribution in [1.29, 1.82) is 0 Å². The maximum absolute atomic E-state index is 3.78. The van der Waals surface area contributed by atoms with Crippen LogP contribution in [0, 0.1) is 0 Å². The van der Waals surface area contributed by atoms with Crippen molar-refractivity contribution < 1.29 is 0 Å². The van der Waals surface area contributed by atoms with E-state index in [4.69, 9.17) is 0 Å². The van der Waals surface area contributed by atoms with Gasteiger partial charge in [-0.25, -0.2) is 0 Å². The molecule has 1 unspecified atom stereocenters. The predicted molar refractivity (Wildman–Crippen MR) is 75.2 cm³/mol. The molecule has 1 fully saturated rings. The molecule has 1 saturated heterocycles. The second-order valence-corrected chi connectivity index (χ2v) is 5.57. The maximum atomic E-state index is 3.78. The lowest BCUT2D eigenvalue weighted by molar-refractivity contribution is 0.398. The number of fused-ring (bicyclic) bond motifs is 1. The fourth-order valence-corrected chi connectivity index (χ4v) is 3.72. The molecule has 1 atom stereocenters. The van der Waals surface area contributed by atoms with E-state index in [9.17, 15) is 0 Å².